The van der Waals surface area contributed by atoms with Crippen LogP contribution in [0.4, 0.5) is 0 Å². The molecule has 1 aromatic rings. The van der Waals surface area contributed by atoms with Gasteiger partial charge in [-0.1, -0.05) is 0 Å². The number of fused-ring (bicyclic) bond motifs is 1. The molecule has 86 valence electrons. The van der Waals surface area contributed by atoms with E-state index >= 15 is 0 Å². The van der Waals surface area contributed by atoms with Crippen LogP contribution in [-0.4, -0.2) is 34.4 Å². The summed E-state index contributed by atoms with van der Waals surface area (Å²) < 4.78 is 11.3. The quantitative estimate of drug-likeness (QED) is 0.688. The highest BCUT2D eigenvalue weighted by Gasteiger charge is 2.27. The maximum atomic E-state index is 11.5. The molecule has 6 heteroatoms. The molecule has 0 bridgehead atoms. The predicted octanol–water partition coefficient (Wildman–Crippen LogP) is 0.619. The van der Waals surface area contributed by atoms with E-state index in [9.17, 15) is 9.59 Å². The first-order valence-electron chi connectivity index (χ1n) is 5.07. The van der Waals surface area contributed by atoms with Gasteiger partial charge in [0.2, 0.25) is 0 Å². The van der Waals surface area contributed by atoms with E-state index in [1.54, 1.807) is 13.8 Å². The molecule has 16 heavy (non-hydrogen) atoms. The lowest BCUT2D eigenvalue weighted by Crippen LogP contribution is -2.30. The Hall–Kier alpha value is -1.85. The molecule has 2 rings (SSSR count). The van der Waals surface area contributed by atoms with Crippen molar-refractivity contribution in [2.75, 3.05) is 6.61 Å². The van der Waals surface area contributed by atoms with Crippen LogP contribution in [-0.2, 0) is 16.0 Å². The van der Waals surface area contributed by atoms with Crippen molar-refractivity contribution in [1.82, 2.24) is 9.78 Å². The Bertz CT molecular complexity index is 438. The van der Waals surface area contributed by atoms with Gasteiger partial charge < -0.3 is 9.47 Å². The lowest BCUT2D eigenvalue weighted by Gasteiger charge is -2.19. The summed E-state index contributed by atoms with van der Waals surface area (Å²) in [5.74, 6) is -0.980. The number of aromatic nitrogens is 2. The Labute approximate surface area is 92.1 Å². The lowest BCUT2D eigenvalue weighted by molar-refractivity contribution is 0.0194. The second-order valence-electron chi connectivity index (χ2n) is 3.53. The van der Waals surface area contributed by atoms with Crippen LogP contribution in [0.1, 0.15) is 34.8 Å². The fourth-order valence-corrected chi connectivity index (χ4v) is 1.55. The number of ether oxygens (including phenoxy) is 2. The van der Waals surface area contributed by atoms with Gasteiger partial charge in [0.25, 0.3) is 0 Å². The minimum atomic E-state index is -0.523. The van der Waals surface area contributed by atoms with Gasteiger partial charge in [-0.2, -0.15) is 5.10 Å². The van der Waals surface area contributed by atoms with Crippen molar-refractivity contribution in [2.45, 2.75) is 26.5 Å². The molecule has 1 unspecified atom stereocenters. The Balaban J connectivity index is 2.30. The monoisotopic (exact) mass is 224 g/mol. The van der Waals surface area contributed by atoms with E-state index in [1.165, 1.54) is 10.7 Å². The minimum absolute atomic E-state index is 0.142. The number of rotatable bonds is 2. The molecule has 2 heterocycles. The van der Waals surface area contributed by atoms with Gasteiger partial charge in [-0.25, -0.2) is 9.59 Å². The van der Waals surface area contributed by atoms with Crippen LogP contribution in [0.2, 0.25) is 0 Å². The summed E-state index contributed by atoms with van der Waals surface area (Å²) in [5.41, 5.74) is 0.434. The molecule has 0 saturated heterocycles. The molecule has 0 radical (unpaired) electrons. The molecule has 1 aromatic heterocycles. The molecule has 0 aromatic carbocycles. The van der Waals surface area contributed by atoms with E-state index < -0.39 is 11.9 Å². The van der Waals surface area contributed by atoms with Crippen molar-refractivity contribution in [2.24, 2.45) is 0 Å². The Kier molecular flexibility index (Phi) is 2.64. The third-order valence-corrected chi connectivity index (χ3v) is 2.21. The number of nitrogens with zero attached hydrogens (tertiary/aromatic N) is 2. The second kappa shape index (κ2) is 3.96. The highest BCUT2D eigenvalue weighted by molar-refractivity contribution is 5.93. The third-order valence-electron chi connectivity index (χ3n) is 2.21. The molecule has 1 atom stereocenters. The standard InChI is InChI=1S/C10H12N2O4/c1-3-15-9(13)7-4-8-10(14)16-6(2)5-12(8)11-7/h4,6H,3,5H2,1-2H3. The summed E-state index contributed by atoms with van der Waals surface area (Å²) in [4.78, 5) is 22.9. The summed E-state index contributed by atoms with van der Waals surface area (Å²) >= 11 is 0. The fourth-order valence-electron chi connectivity index (χ4n) is 1.55. The van der Waals surface area contributed by atoms with Gasteiger partial charge in [0.15, 0.2) is 5.69 Å². The molecule has 6 nitrogen and oxygen atoms in total. The van der Waals surface area contributed by atoms with Crippen LogP contribution in [0, 0.1) is 0 Å². The maximum Gasteiger partial charge on any atom is 0.358 e. The molecule has 1 aliphatic heterocycles. The van der Waals surface area contributed by atoms with Gasteiger partial charge in [-0.3, -0.25) is 4.68 Å². The zero-order valence-electron chi connectivity index (χ0n) is 9.10. The smallest absolute Gasteiger partial charge is 0.358 e. The van der Waals surface area contributed by atoms with Crippen LogP contribution in [0.15, 0.2) is 6.07 Å². The highest BCUT2D eigenvalue weighted by atomic mass is 16.5. The zero-order chi connectivity index (χ0) is 11.7. The van der Waals surface area contributed by atoms with Gasteiger partial charge in [-0.05, 0) is 13.8 Å². The predicted molar refractivity (Wildman–Crippen MR) is 53.1 cm³/mol. The van der Waals surface area contributed by atoms with Gasteiger partial charge in [0, 0.05) is 6.07 Å². The molecule has 1 aliphatic rings. The number of hydrogen-bond acceptors (Lipinski definition) is 5. The highest BCUT2D eigenvalue weighted by Crippen LogP contribution is 2.15. The van der Waals surface area contributed by atoms with Crippen LogP contribution in [0.3, 0.4) is 0 Å². The molecule has 0 spiro atoms. The van der Waals surface area contributed by atoms with Crippen molar-refractivity contribution in [3.05, 3.63) is 17.5 Å². The first-order valence-corrected chi connectivity index (χ1v) is 5.07. The second-order valence-corrected chi connectivity index (χ2v) is 3.53. The van der Waals surface area contributed by atoms with Crippen LogP contribution >= 0.6 is 0 Å². The first-order chi connectivity index (χ1) is 7.61. The van der Waals surface area contributed by atoms with E-state index in [-0.39, 0.29) is 18.4 Å². The van der Waals surface area contributed by atoms with E-state index in [0.29, 0.717) is 12.2 Å². The Morgan fingerprint density at radius 2 is 2.50 bits per heavy atom. The van der Waals surface area contributed by atoms with Gasteiger partial charge in [0.05, 0.1) is 13.2 Å². The lowest BCUT2D eigenvalue weighted by atomic mass is 10.3. The zero-order valence-corrected chi connectivity index (χ0v) is 9.10. The Morgan fingerprint density at radius 1 is 1.75 bits per heavy atom. The van der Waals surface area contributed by atoms with Crippen LogP contribution in [0.25, 0.3) is 0 Å². The van der Waals surface area contributed by atoms with Crippen molar-refractivity contribution in [3.63, 3.8) is 0 Å². The largest absolute Gasteiger partial charge is 0.461 e. The summed E-state index contributed by atoms with van der Waals surface area (Å²) in [6.07, 6.45) is -0.227. The first kappa shape index (κ1) is 10.7. The molecule has 0 N–H and O–H groups in total. The molecule has 0 saturated carbocycles. The molecule has 0 amide bonds. The average molecular weight is 224 g/mol. The topological polar surface area (TPSA) is 70.4 Å². The molecular weight excluding hydrogens is 212 g/mol. The average Bonchev–Trinajstić information content (AvgIpc) is 2.62. The van der Waals surface area contributed by atoms with Gasteiger partial charge in [0.1, 0.15) is 11.8 Å². The fraction of sp³-hybridized carbons (Fsp3) is 0.500. The van der Waals surface area contributed by atoms with Crippen molar-refractivity contribution in [3.8, 4) is 0 Å². The summed E-state index contributed by atoms with van der Waals surface area (Å²) in [7, 11) is 0. The number of carbonyl (C=O) groups is 2. The third kappa shape index (κ3) is 1.78. The number of hydrogen-bond donors (Lipinski definition) is 0. The summed E-state index contributed by atoms with van der Waals surface area (Å²) in [6.45, 7) is 4.22. The normalized spacial score (nSPS) is 18.9. The SMILES string of the molecule is CCOC(=O)c1cc2n(n1)CC(C)OC2=O. The van der Waals surface area contributed by atoms with Crippen LogP contribution < -0.4 is 0 Å². The van der Waals surface area contributed by atoms with Gasteiger partial charge in [-0.15, -0.1) is 0 Å². The maximum absolute atomic E-state index is 11.5. The van der Waals surface area contributed by atoms with E-state index in [2.05, 4.69) is 5.10 Å². The van der Waals surface area contributed by atoms with E-state index in [4.69, 9.17) is 9.47 Å². The van der Waals surface area contributed by atoms with Gasteiger partial charge >= 0.3 is 11.9 Å². The number of carbonyl (C=O) groups excluding carboxylic acids is 2. The number of esters is 2. The van der Waals surface area contributed by atoms with Crippen molar-refractivity contribution >= 4 is 11.9 Å². The molecule has 0 aliphatic carbocycles. The molecule has 0 fully saturated rings. The summed E-state index contributed by atoms with van der Waals surface area (Å²) in [5, 5.41) is 4.01. The van der Waals surface area contributed by atoms with E-state index in [1.807, 2.05) is 0 Å². The van der Waals surface area contributed by atoms with Crippen LogP contribution in [0.5, 0.6) is 0 Å². The van der Waals surface area contributed by atoms with Crippen molar-refractivity contribution in [1.29, 1.82) is 0 Å². The Morgan fingerprint density at radius 3 is 3.19 bits per heavy atom. The van der Waals surface area contributed by atoms with E-state index in [0.717, 1.165) is 0 Å². The molecular formula is C10H12N2O4. The van der Waals surface area contributed by atoms with Crippen molar-refractivity contribution < 1.29 is 19.1 Å². The number of cyclic esters (lactones) is 1. The summed E-state index contributed by atoms with van der Waals surface area (Å²) in [6, 6.07) is 1.40. The minimum Gasteiger partial charge on any atom is -0.461 e.